The van der Waals surface area contributed by atoms with Gasteiger partial charge in [0.15, 0.2) is 0 Å². The summed E-state index contributed by atoms with van der Waals surface area (Å²) in [5, 5.41) is 10.7. The van der Waals surface area contributed by atoms with E-state index in [0.717, 1.165) is 12.8 Å². The van der Waals surface area contributed by atoms with Crippen molar-refractivity contribution in [1.29, 1.82) is 0 Å². The Hall–Kier alpha value is -0.720. The molecule has 0 aliphatic carbocycles. The van der Waals surface area contributed by atoms with Crippen LogP contribution < -0.4 is 11.1 Å². The van der Waals surface area contributed by atoms with Crippen LogP contribution in [0.2, 0.25) is 0 Å². The van der Waals surface area contributed by atoms with E-state index in [2.05, 4.69) is 15.5 Å². The summed E-state index contributed by atoms with van der Waals surface area (Å²) in [5.74, 6) is -0.0632. The van der Waals surface area contributed by atoms with Crippen molar-refractivity contribution in [2.75, 3.05) is 11.9 Å². The second kappa shape index (κ2) is 6.78. The summed E-state index contributed by atoms with van der Waals surface area (Å²) in [4.78, 5) is 12.0. The van der Waals surface area contributed by atoms with Gasteiger partial charge in [-0.15, -0.1) is 22.6 Å². The Morgan fingerprint density at radius 2 is 2.19 bits per heavy atom. The Labute approximate surface area is 105 Å². The molecule has 92 valence electrons. The van der Waals surface area contributed by atoms with Crippen LogP contribution in [0.5, 0.6) is 0 Å². The third-order valence-corrected chi connectivity index (χ3v) is 3.41. The van der Waals surface area contributed by atoms with Crippen molar-refractivity contribution in [1.82, 2.24) is 10.2 Å². The molecule has 0 bridgehead atoms. The van der Waals surface area contributed by atoms with E-state index in [9.17, 15) is 4.79 Å². The summed E-state index contributed by atoms with van der Waals surface area (Å²) in [6.45, 7) is 4.29. The molecule has 0 unspecified atom stereocenters. The monoisotopic (exact) mass is 264 g/mol. The SMILES string of the molecule is CCC(CC)(CN)C(=O)Nc1nncs1.Cl. The highest BCUT2D eigenvalue weighted by molar-refractivity contribution is 7.13. The molecule has 0 aromatic carbocycles. The third kappa shape index (κ3) is 3.13. The first-order chi connectivity index (χ1) is 7.18. The average Bonchev–Trinajstić information content (AvgIpc) is 2.74. The molecular weight excluding hydrogens is 248 g/mol. The highest BCUT2D eigenvalue weighted by atomic mass is 35.5. The molecule has 7 heteroatoms. The first kappa shape index (κ1) is 15.3. The fourth-order valence-corrected chi connectivity index (χ4v) is 1.85. The maximum absolute atomic E-state index is 12.0. The molecule has 1 amide bonds. The Morgan fingerprint density at radius 3 is 2.56 bits per heavy atom. The Balaban J connectivity index is 0.00000225. The van der Waals surface area contributed by atoms with Crippen molar-refractivity contribution in [3.05, 3.63) is 5.51 Å². The van der Waals surface area contributed by atoms with Gasteiger partial charge < -0.3 is 11.1 Å². The fourth-order valence-electron chi connectivity index (χ4n) is 1.41. The van der Waals surface area contributed by atoms with Crippen LogP contribution in [-0.4, -0.2) is 22.6 Å². The van der Waals surface area contributed by atoms with Crippen molar-refractivity contribution in [3.63, 3.8) is 0 Å². The number of carbonyl (C=O) groups is 1. The standard InChI is InChI=1S/C9H16N4OS.ClH/c1-3-9(4-2,5-10)7(14)12-8-13-11-6-15-8;/h6H,3-5,10H2,1-2H3,(H,12,13,14);1H. The molecule has 1 heterocycles. The van der Waals surface area contributed by atoms with Gasteiger partial charge in [-0.3, -0.25) is 4.79 Å². The Bertz CT molecular complexity index is 305. The molecule has 1 aromatic rings. The number of hydrogen-bond acceptors (Lipinski definition) is 5. The number of rotatable bonds is 5. The number of carbonyl (C=O) groups excluding carboxylic acids is 1. The van der Waals surface area contributed by atoms with Gasteiger partial charge in [-0.05, 0) is 12.8 Å². The smallest absolute Gasteiger partial charge is 0.233 e. The van der Waals surface area contributed by atoms with E-state index in [-0.39, 0.29) is 18.3 Å². The first-order valence-electron chi connectivity index (χ1n) is 4.96. The van der Waals surface area contributed by atoms with Crippen molar-refractivity contribution < 1.29 is 4.79 Å². The molecule has 0 atom stereocenters. The summed E-state index contributed by atoms with van der Waals surface area (Å²) in [6.07, 6.45) is 1.45. The topological polar surface area (TPSA) is 80.9 Å². The van der Waals surface area contributed by atoms with Gasteiger partial charge in [-0.2, -0.15) is 0 Å². The van der Waals surface area contributed by atoms with Crippen LogP contribution in [0.3, 0.4) is 0 Å². The lowest BCUT2D eigenvalue weighted by molar-refractivity contribution is -0.125. The number of nitrogens with two attached hydrogens (primary N) is 1. The van der Waals surface area contributed by atoms with E-state index < -0.39 is 5.41 Å². The molecular formula is C9H17ClN4OS. The van der Waals surface area contributed by atoms with E-state index >= 15 is 0 Å². The van der Waals surface area contributed by atoms with Gasteiger partial charge in [0.1, 0.15) is 5.51 Å². The molecule has 0 radical (unpaired) electrons. The molecule has 16 heavy (non-hydrogen) atoms. The lowest BCUT2D eigenvalue weighted by Crippen LogP contribution is -2.41. The number of aromatic nitrogens is 2. The highest BCUT2D eigenvalue weighted by Gasteiger charge is 2.33. The van der Waals surface area contributed by atoms with Crippen LogP contribution >= 0.6 is 23.7 Å². The lowest BCUT2D eigenvalue weighted by Gasteiger charge is -2.27. The fraction of sp³-hybridized carbons (Fsp3) is 0.667. The van der Waals surface area contributed by atoms with E-state index in [1.807, 2.05) is 13.8 Å². The summed E-state index contributed by atoms with van der Waals surface area (Å²) in [5.41, 5.74) is 6.77. The normalized spacial score (nSPS) is 10.7. The Morgan fingerprint density at radius 1 is 1.56 bits per heavy atom. The molecule has 0 spiro atoms. The van der Waals surface area contributed by atoms with Gasteiger partial charge in [-0.1, -0.05) is 25.2 Å². The zero-order chi connectivity index (χ0) is 11.3. The maximum Gasteiger partial charge on any atom is 0.233 e. The number of halogens is 1. The summed E-state index contributed by atoms with van der Waals surface area (Å²) < 4.78 is 0. The lowest BCUT2D eigenvalue weighted by atomic mass is 9.81. The largest absolute Gasteiger partial charge is 0.329 e. The number of hydrogen-bond donors (Lipinski definition) is 2. The van der Waals surface area contributed by atoms with Crippen LogP contribution in [0.4, 0.5) is 5.13 Å². The van der Waals surface area contributed by atoms with E-state index in [4.69, 9.17) is 5.73 Å². The summed E-state index contributed by atoms with van der Waals surface area (Å²) in [6, 6.07) is 0. The molecule has 0 saturated heterocycles. The van der Waals surface area contributed by atoms with Crippen molar-refractivity contribution >= 4 is 34.8 Å². The molecule has 1 rings (SSSR count). The Kier molecular flexibility index (Phi) is 6.47. The predicted molar refractivity (Wildman–Crippen MR) is 67.9 cm³/mol. The van der Waals surface area contributed by atoms with Gasteiger partial charge >= 0.3 is 0 Å². The maximum atomic E-state index is 12.0. The van der Waals surface area contributed by atoms with Crippen molar-refractivity contribution in [3.8, 4) is 0 Å². The summed E-state index contributed by atoms with van der Waals surface area (Å²) >= 11 is 1.30. The van der Waals surface area contributed by atoms with Gasteiger partial charge in [0, 0.05) is 6.54 Å². The molecule has 0 aliphatic heterocycles. The van der Waals surface area contributed by atoms with Gasteiger partial charge in [-0.25, -0.2) is 0 Å². The summed E-state index contributed by atoms with van der Waals surface area (Å²) in [7, 11) is 0. The number of amides is 1. The van der Waals surface area contributed by atoms with Crippen LogP contribution in [-0.2, 0) is 4.79 Å². The van der Waals surface area contributed by atoms with Crippen LogP contribution in [0.1, 0.15) is 26.7 Å². The molecule has 3 N–H and O–H groups in total. The molecule has 5 nitrogen and oxygen atoms in total. The second-order valence-corrected chi connectivity index (χ2v) is 4.22. The van der Waals surface area contributed by atoms with E-state index in [0.29, 0.717) is 11.7 Å². The van der Waals surface area contributed by atoms with Gasteiger partial charge in [0.25, 0.3) is 0 Å². The number of anilines is 1. The van der Waals surface area contributed by atoms with Crippen LogP contribution in [0.25, 0.3) is 0 Å². The second-order valence-electron chi connectivity index (χ2n) is 3.39. The number of nitrogens with one attached hydrogen (secondary N) is 1. The van der Waals surface area contributed by atoms with Gasteiger partial charge in [0.05, 0.1) is 5.41 Å². The minimum Gasteiger partial charge on any atom is -0.329 e. The molecule has 0 saturated carbocycles. The zero-order valence-electron chi connectivity index (χ0n) is 9.40. The number of nitrogens with zero attached hydrogens (tertiary/aromatic N) is 2. The average molecular weight is 265 g/mol. The minimum atomic E-state index is -0.480. The van der Waals surface area contributed by atoms with Crippen molar-refractivity contribution in [2.45, 2.75) is 26.7 Å². The highest BCUT2D eigenvalue weighted by Crippen LogP contribution is 2.27. The first-order valence-corrected chi connectivity index (χ1v) is 5.84. The van der Waals surface area contributed by atoms with Crippen LogP contribution in [0, 0.1) is 5.41 Å². The van der Waals surface area contributed by atoms with E-state index in [1.54, 1.807) is 5.51 Å². The quantitative estimate of drug-likeness (QED) is 0.848. The van der Waals surface area contributed by atoms with Crippen LogP contribution in [0.15, 0.2) is 5.51 Å². The predicted octanol–water partition coefficient (Wildman–Crippen LogP) is 1.66. The third-order valence-electron chi connectivity index (χ3n) is 2.81. The zero-order valence-corrected chi connectivity index (χ0v) is 11.0. The minimum absolute atomic E-state index is 0. The van der Waals surface area contributed by atoms with Gasteiger partial charge in [0.2, 0.25) is 11.0 Å². The molecule has 0 fully saturated rings. The molecule has 0 aliphatic rings. The molecule has 1 aromatic heterocycles. The van der Waals surface area contributed by atoms with E-state index in [1.165, 1.54) is 11.3 Å². The van der Waals surface area contributed by atoms with Crippen molar-refractivity contribution in [2.24, 2.45) is 11.1 Å².